The lowest BCUT2D eigenvalue weighted by molar-refractivity contribution is 0.0285. The third-order valence-electron chi connectivity index (χ3n) is 2.62. The average Bonchev–Trinajstić information content (AvgIpc) is 2.21. The van der Waals surface area contributed by atoms with Gasteiger partial charge in [0.15, 0.2) is 0 Å². The molecule has 0 aromatic heterocycles. The monoisotopic (exact) mass is 232 g/mol. The van der Waals surface area contributed by atoms with Crippen molar-refractivity contribution in [1.29, 1.82) is 0 Å². The van der Waals surface area contributed by atoms with Crippen molar-refractivity contribution >= 4 is 23.2 Å². The number of hydrogen-bond acceptors (Lipinski definition) is 1. The standard InChI is InChI=1S/C11H14Cl2O/c1-3-11(14,4-2)8-6-5-7-9(12)10(8)13/h5-7,14H,3-4H2,1-2H3. The van der Waals surface area contributed by atoms with Crippen molar-refractivity contribution in [2.24, 2.45) is 0 Å². The van der Waals surface area contributed by atoms with Crippen LogP contribution in [0.3, 0.4) is 0 Å². The Labute approximate surface area is 94.7 Å². The molecule has 0 aliphatic heterocycles. The van der Waals surface area contributed by atoms with Gasteiger partial charge in [-0.15, -0.1) is 0 Å². The molecule has 0 saturated heterocycles. The summed E-state index contributed by atoms with van der Waals surface area (Å²) in [5, 5.41) is 11.2. The number of halogens is 2. The van der Waals surface area contributed by atoms with Gasteiger partial charge in [0, 0.05) is 5.56 Å². The van der Waals surface area contributed by atoms with E-state index in [0.717, 1.165) is 5.56 Å². The summed E-state index contributed by atoms with van der Waals surface area (Å²) < 4.78 is 0. The summed E-state index contributed by atoms with van der Waals surface area (Å²) in [6, 6.07) is 5.35. The van der Waals surface area contributed by atoms with E-state index in [1.165, 1.54) is 0 Å². The van der Waals surface area contributed by atoms with E-state index in [4.69, 9.17) is 23.2 Å². The Morgan fingerprint density at radius 2 is 1.79 bits per heavy atom. The van der Waals surface area contributed by atoms with Crippen molar-refractivity contribution in [1.82, 2.24) is 0 Å². The molecule has 0 radical (unpaired) electrons. The van der Waals surface area contributed by atoms with Crippen molar-refractivity contribution in [3.63, 3.8) is 0 Å². The molecule has 0 unspecified atom stereocenters. The second-order valence-electron chi connectivity index (χ2n) is 3.34. The summed E-state index contributed by atoms with van der Waals surface area (Å²) in [5.41, 5.74) is -0.140. The fraction of sp³-hybridized carbons (Fsp3) is 0.455. The van der Waals surface area contributed by atoms with E-state index < -0.39 is 5.60 Å². The van der Waals surface area contributed by atoms with Crippen LogP contribution in [0.15, 0.2) is 18.2 Å². The third kappa shape index (κ3) is 2.05. The molecule has 1 aromatic carbocycles. The van der Waals surface area contributed by atoms with Crippen LogP contribution in [0.5, 0.6) is 0 Å². The molecule has 1 rings (SSSR count). The summed E-state index contributed by atoms with van der Waals surface area (Å²) in [6.45, 7) is 3.86. The smallest absolute Gasteiger partial charge is 0.0906 e. The van der Waals surface area contributed by atoms with Gasteiger partial charge in [-0.3, -0.25) is 0 Å². The quantitative estimate of drug-likeness (QED) is 0.836. The summed E-state index contributed by atoms with van der Waals surface area (Å²) in [7, 11) is 0. The van der Waals surface area contributed by atoms with E-state index in [1.54, 1.807) is 12.1 Å². The molecule has 0 aliphatic rings. The molecular weight excluding hydrogens is 219 g/mol. The summed E-state index contributed by atoms with van der Waals surface area (Å²) in [6.07, 6.45) is 1.26. The molecule has 0 bridgehead atoms. The maximum absolute atomic E-state index is 10.3. The van der Waals surface area contributed by atoms with Crippen LogP contribution in [0.25, 0.3) is 0 Å². The Balaban J connectivity index is 3.24. The zero-order chi connectivity index (χ0) is 10.8. The normalized spacial score (nSPS) is 11.8. The van der Waals surface area contributed by atoms with Crippen LogP contribution in [0, 0.1) is 0 Å². The molecule has 1 N–H and O–H groups in total. The van der Waals surface area contributed by atoms with Crippen LogP contribution >= 0.6 is 23.2 Å². The molecule has 0 spiro atoms. The van der Waals surface area contributed by atoms with Crippen LogP contribution in [0.4, 0.5) is 0 Å². The van der Waals surface area contributed by atoms with E-state index in [1.807, 2.05) is 19.9 Å². The van der Waals surface area contributed by atoms with E-state index in [9.17, 15) is 5.11 Å². The predicted octanol–water partition coefficient (Wildman–Crippen LogP) is 4.00. The Kier molecular flexibility index (Phi) is 3.82. The highest BCUT2D eigenvalue weighted by Crippen LogP contribution is 2.36. The molecular formula is C11H14Cl2O. The van der Waals surface area contributed by atoms with Crippen LogP contribution in [-0.2, 0) is 5.60 Å². The fourth-order valence-corrected chi connectivity index (χ4v) is 1.97. The molecule has 3 heteroatoms. The van der Waals surface area contributed by atoms with Gasteiger partial charge in [0.2, 0.25) is 0 Å². The van der Waals surface area contributed by atoms with Gasteiger partial charge in [0.25, 0.3) is 0 Å². The van der Waals surface area contributed by atoms with E-state index in [2.05, 4.69) is 0 Å². The summed E-state index contributed by atoms with van der Waals surface area (Å²) in [4.78, 5) is 0. The fourth-order valence-electron chi connectivity index (χ4n) is 1.49. The molecule has 0 saturated carbocycles. The lowest BCUT2D eigenvalue weighted by Gasteiger charge is -2.27. The van der Waals surface area contributed by atoms with Crippen molar-refractivity contribution in [2.45, 2.75) is 32.3 Å². The molecule has 1 nitrogen and oxygen atoms in total. The highest BCUT2D eigenvalue weighted by Gasteiger charge is 2.27. The molecule has 0 aliphatic carbocycles. The second kappa shape index (κ2) is 4.52. The molecule has 0 heterocycles. The predicted molar refractivity (Wildman–Crippen MR) is 60.9 cm³/mol. The second-order valence-corrected chi connectivity index (χ2v) is 4.13. The minimum absolute atomic E-state index is 0.459. The number of benzene rings is 1. The number of rotatable bonds is 3. The van der Waals surface area contributed by atoms with Gasteiger partial charge in [0.05, 0.1) is 15.6 Å². The first kappa shape index (κ1) is 11.8. The molecule has 78 valence electrons. The van der Waals surface area contributed by atoms with Crippen molar-refractivity contribution < 1.29 is 5.11 Å². The Bertz CT molecular complexity index is 319. The zero-order valence-electron chi connectivity index (χ0n) is 8.35. The van der Waals surface area contributed by atoms with E-state index in [0.29, 0.717) is 22.9 Å². The Morgan fingerprint density at radius 3 is 2.29 bits per heavy atom. The average molecular weight is 233 g/mol. The van der Waals surface area contributed by atoms with Gasteiger partial charge in [0.1, 0.15) is 0 Å². The first-order valence-corrected chi connectivity index (χ1v) is 5.47. The lowest BCUT2D eigenvalue weighted by Crippen LogP contribution is -2.23. The van der Waals surface area contributed by atoms with E-state index in [-0.39, 0.29) is 0 Å². The third-order valence-corrected chi connectivity index (χ3v) is 3.44. The highest BCUT2D eigenvalue weighted by atomic mass is 35.5. The van der Waals surface area contributed by atoms with Crippen molar-refractivity contribution in [3.8, 4) is 0 Å². The maximum Gasteiger partial charge on any atom is 0.0906 e. The highest BCUT2D eigenvalue weighted by molar-refractivity contribution is 6.42. The molecule has 0 fully saturated rings. The van der Waals surface area contributed by atoms with Crippen LogP contribution in [0.2, 0.25) is 10.0 Å². The summed E-state index contributed by atoms with van der Waals surface area (Å²) in [5.74, 6) is 0. The lowest BCUT2D eigenvalue weighted by atomic mass is 9.89. The van der Waals surface area contributed by atoms with Crippen LogP contribution in [-0.4, -0.2) is 5.11 Å². The SMILES string of the molecule is CCC(O)(CC)c1cccc(Cl)c1Cl. The largest absolute Gasteiger partial charge is 0.385 e. The molecule has 0 atom stereocenters. The Hall–Kier alpha value is -0.240. The van der Waals surface area contributed by atoms with Gasteiger partial charge in [-0.1, -0.05) is 49.2 Å². The van der Waals surface area contributed by atoms with E-state index >= 15 is 0 Å². The Morgan fingerprint density at radius 1 is 1.21 bits per heavy atom. The van der Waals surface area contributed by atoms with Crippen molar-refractivity contribution in [3.05, 3.63) is 33.8 Å². The van der Waals surface area contributed by atoms with Gasteiger partial charge in [-0.2, -0.15) is 0 Å². The number of hydrogen-bond donors (Lipinski definition) is 1. The summed E-state index contributed by atoms with van der Waals surface area (Å²) >= 11 is 11.9. The minimum Gasteiger partial charge on any atom is -0.385 e. The van der Waals surface area contributed by atoms with Gasteiger partial charge in [-0.25, -0.2) is 0 Å². The molecule has 1 aromatic rings. The van der Waals surface area contributed by atoms with Gasteiger partial charge in [-0.05, 0) is 18.9 Å². The maximum atomic E-state index is 10.3. The van der Waals surface area contributed by atoms with Crippen LogP contribution in [0.1, 0.15) is 32.3 Å². The van der Waals surface area contributed by atoms with Crippen molar-refractivity contribution in [2.75, 3.05) is 0 Å². The minimum atomic E-state index is -0.859. The molecule has 0 amide bonds. The first-order chi connectivity index (χ1) is 6.55. The number of aliphatic hydroxyl groups is 1. The van der Waals surface area contributed by atoms with Crippen LogP contribution < -0.4 is 0 Å². The van der Waals surface area contributed by atoms with Gasteiger partial charge >= 0.3 is 0 Å². The zero-order valence-corrected chi connectivity index (χ0v) is 9.86. The molecule has 14 heavy (non-hydrogen) atoms. The topological polar surface area (TPSA) is 20.2 Å². The first-order valence-electron chi connectivity index (χ1n) is 4.72. The van der Waals surface area contributed by atoms with Gasteiger partial charge < -0.3 is 5.11 Å².